The minimum absolute atomic E-state index is 0.435. The number of aromatic nitrogens is 2. The molecule has 0 bridgehead atoms. The Morgan fingerprint density at radius 2 is 2.15 bits per heavy atom. The van der Waals surface area contributed by atoms with Gasteiger partial charge in [0.05, 0.1) is 0 Å². The molecule has 13 heavy (non-hydrogen) atoms. The summed E-state index contributed by atoms with van der Waals surface area (Å²) in [7, 11) is 0. The standard InChI is InChI=1S/C8H11ClIN3/c1-6(2-9)3-11-8-12-4-7(10)5-13-8/h4-6H,2-3H2,1H3,(H,11,12,13). The minimum Gasteiger partial charge on any atom is -0.354 e. The average molecular weight is 312 g/mol. The minimum atomic E-state index is 0.435. The highest BCUT2D eigenvalue weighted by Crippen LogP contribution is 2.04. The van der Waals surface area contributed by atoms with E-state index in [1.165, 1.54) is 0 Å². The summed E-state index contributed by atoms with van der Waals surface area (Å²) >= 11 is 7.83. The molecule has 0 amide bonds. The Morgan fingerprint density at radius 3 is 2.69 bits per heavy atom. The SMILES string of the molecule is CC(CCl)CNc1ncc(I)cn1. The van der Waals surface area contributed by atoms with E-state index in [1.54, 1.807) is 12.4 Å². The molecule has 0 aliphatic rings. The molecule has 0 radical (unpaired) electrons. The van der Waals surface area contributed by atoms with Gasteiger partial charge in [-0.05, 0) is 28.5 Å². The van der Waals surface area contributed by atoms with Gasteiger partial charge in [-0.1, -0.05) is 6.92 Å². The van der Waals surface area contributed by atoms with E-state index in [0.717, 1.165) is 10.1 Å². The van der Waals surface area contributed by atoms with Crippen LogP contribution in [0.1, 0.15) is 6.92 Å². The fourth-order valence-electron chi connectivity index (χ4n) is 0.724. The quantitative estimate of drug-likeness (QED) is 0.685. The van der Waals surface area contributed by atoms with Gasteiger partial charge in [0.1, 0.15) is 0 Å². The van der Waals surface area contributed by atoms with Crippen LogP contribution < -0.4 is 5.32 Å². The maximum Gasteiger partial charge on any atom is 0.222 e. The molecule has 1 aromatic heterocycles. The molecule has 0 fully saturated rings. The molecule has 0 aliphatic carbocycles. The van der Waals surface area contributed by atoms with Crippen LogP contribution >= 0.6 is 34.2 Å². The van der Waals surface area contributed by atoms with Crippen molar-refractivity contribution in [3.63, 3.8) is 0 Å². The lowest BCUT2D eigenvalue weighted by atomic mass is 10.2. The number of alkyl halides is 1. The average Bonchev–Trinajstić information content (AvgIpc) is 2.16. The second kappa shape index (κ2) is 5.59. The van der Waals surface area contributed by atoms with Gasteiger partial charge in [0.2, 0.25) is 5.95 Å². The topological polar surface area (TPSA) is 37.8 Å². The first kappa shape index (κ1) is 11.0. The highest BCUT2D eigenvalue weighted by atomic mass is 127. The summed E-state index contributed by atoms with van der Waals surface area (Å²) in [4.78, 5) is 8.22. The van der Waals surface area contributed by atoms with Crippen molar-refractivity contribution >= 4 is 40.1 Å². The van der Waals surface area contributed by atoms with Crippen molar-refractivity contribution < 1.29 is 0 Å². The third-order valence-electron chi connectivity index (χ3n) is 1.49. The van der Waals surface area contributed by atoms with Gasteiger partial charge in [-0.3, -0.25) is 0 Å². The van der Waals surface area contributed by atoms with Crippen molar-refractivity contribution in [2.24, 2.45) is 5.92 Å². The number of hydrogen-bond donors (Lipinski definition) is 1. The van der Waals surface area contributed by atoms with E-state index in [-0.39, 0.29) is 0 Å². The van der Waals surface area contributed by atoms with Crippen LogP contribution in [0.4, 0.5) is 5.95 Å². The maximum absolute atomic E-state index is 5.66. The van der Waals surface area contributed by atoms with Gasteiger partial charge in [0, 0.05) is 28.4 Å². The molecule has 3 nitrogen and oxygen atoms in total. The number of nitrogens with zero attached hydrogens (tertiary/aromatic N) is 2. The molecule has 72 valence electrons. The number of halogens is 2. The molecule has 0 spiro atoms. The Kier molecular flexibility index (Phi) is 4.72. The highest BCUT2D eigenvalue weighted by molar-refractivity contribution is 14.1. The molecule has 1 heterocycles. The lowest BCUT2D eigenvalue weighted by Gasteiger charge is -2.08. The van der Waals surface area contributed by atoms with Gasteiger partial charge in [0.25, 0.3) is 0 Å². The fourth-order valence-corrected chi connectivity index (χ4v) is 1.11. The van der Waals surface area contributed by atoms with Crippen LogP contribution in [0.15, 0.2) is 12.4 Å². The number of nitrogens with one attached hydrogen (secondary N) is 1. The van der Waals surface area contributed by atoms with Crippen LogP contribution in [0.3, 0.4) is 0 Å². The molecule has 0 saturated heterocycles. The van der Waals surface area contributed by atoms with E-state index < -0.39 is 0 Å². The van der Waals surface area contributed by atoms with Crippen LogP contribution in [-0.2, 0) is 0 Å². The van der Waals surface area contributed by atoms with E-state index >= 15 is 0 Å². The van der Waals surface area contributed by atoms with Gasteiger partial charge in [-0.25, -0.2) is 9.97 Å². The third-order valence-corrected chi connectivity index (χ3v) is 2.58. The third kappa shape index (κ3) is 4.08. The van der Waals surface area contributed by atoms with Crippen molar-refractivity contribution in [3.05, 3.63) is 16.0 Å². The van der Waals surface area contributed by atoms with E-state index in [1.807, 2.05) is 0 Å². The molecule has 1 unspecified atom stereocenters. The normalized spacial score (nSPS) is 12.5. The van der Waals surface area contributed by atoms with Gasteiger partial charge in [-0.2, -0.15) is 0 Å². The Hall–Kier alpha value is -0.100. The predicted molar refractivity (Wildman–Crippen MR) is 63.1 cm³/mol. The second-order valence-corrected chi connectivity index (χ2v) is 4.42. The first-order chi connectivity index (χ1) is 6.22. The highest BCUT2D eigenvalue weighted by Gasteiger charge is 2.00. The second-order valence-electron chi connectivity index (χ2n) is 2.87. The van der Waals surface area contributed by atoms with E-state index in [0.29, 0.717) is 17.7 Å². The zero-order valence-corrected chi connectivity index (χ0v) is 10.2. The van der Waals surface area contributed by atoms with Crippen molar-refractivity contribution in [2.45, 2.75) is 6.92 Å². The van der Waals surface area contributed by atoms with Crippen LogP contribution in [0.2, 0.25) is 0 Å². The molecular formula is C8H11ClIN3. The molecular weight excluding hydrogens is 300 g/mol. The van der Waals surface area contributed by atoms with Crippen molar-refractivity contribution in [2.75, 3.05) is 17.7 Å². The van der Waals surface area contributed by atoms with E-state index in [9.17, 15) is 0 Å². The molecule has 0 aliphatic heterocycles. The summed E-state index contributed by atoms with van der Waals surface area (Å²) in [5.41, 5.74) is 0. The summed E-state index contributed by atoms with van der Waals surface area (Å²) in [5, 5.41) is 3.11. The van der Waals surface area contributed by atoms with Crippen LogP contribution in [0.25, 0.3) is 0 Å². The van der Waals surface area contributed by atoms with Gasteiger partial charge in [0.15, 0.2) is 0 Å². The van der Waals surface area contributed by atoms with Crippen molar-refractivity contribution in [1.82, 2.24) is 9.97 Å². The Balaban J connectivity index is 2.41. The lowest BCUT2D eigenvalue weighted by molar-refractivity contribution is 0.692. The Bertz CT molecular complexity index is 252. The summed E-state index contributed by atoms with van der Waals surface area (Å²) < 4.78 is 1.04. The predicted octanol–water partition coefficient (Wildman–Crippen LogP) is 2.37. The summed E-state index contributed by atoms with van der Waals surface area (Å²) in [5.74, 6) is 1.75. The molecule has 1 rings (SSSR count). The lowest BCUT2D eigenvalue weighted by Crippen LogP contribution is -2.14. The maximum atomic E-state index is 5.66. The molecule has 1 atom stereocenters. The van der Waals surface area contributed by atoms with Crippen molar-refractivity contribution in [3.8, 4) is 0 Å². The molecule has 1 N–H and O–H groups in total. The molecule has 0 saturated carbocycles. The van der Waals surface area contributed by atoms with E-state index in [4.69, 9.17) is 11.6 Å². The summed E-state index contributed by atoms with van der Waals surface area (Å²) in [6.07, 6.45) is 3.56. The first-order valence-electron chi connectivity index (χ1n) is 3.99. The zero-order valence-electron chi connectivity index (χ0n) is 7.30. The van der Waals surface area contributed by atoms with Crippen LogP contribution in [0.5, 0.6) is 0 Å². The first-order valence-corrected chi connectivity index (χ1v) is 5.61. The Labute approximate surface area is 96.4 Å². The summed E-state index contributed by atoms with van der Waals surface area (Å²) in [6.45, 7) is 2.89. The fraction of sp³-hybridized carbons (Fsp3) is 0.500. The largest absolute Gasteiger partial charge is 0.354 e. The van der Waals surface area contributed by atoms with Gasteiger partial charge < -0.3 is 5.32 Å². The number of anilines is 1. The molecule has 0 aromatic carbocycles. The van der Waals surface area contributed by atoms with E-state index in [2.05, 4.69) is 44.8 Å². The Morgan fingerprint density at radius 1 is 1.54 bits per heavy atom. The zero-order chi connectivity index (χ0) is 9.68. The van der Waals surface area contributed by atoms with Crippen LogP contribution in [-0.4, -0.2) is 22.4 Å². The summed E-state index contributed by atoms with van der Waals surface area (Å²) in [6, 6.07) is 0. The monoisotopic (exact) mass is 311 g/mol. The smallest absolute Gasteiger partial charge is 0.222 e. The molecule has 1 aromatic rings. The van der Waals surface area contributed by atoms with Crippen molar-refractivity contribution in [1.29, 1.82) is 0 Å². The number of rotatable bonds is 4. The van der Waals surface area contributed by atoms with Gasteiger partial charge >= 0.3 is 0 Å². The van der Waals surface area contributed by atoms with Gasteiger partial charge in [-0.15, -0.1) is 11.6 Å². The van der Waals surface area contributed by atoms with Crippen LogP contribution in [0, 0.1) is 9.49 Å². The molecule has 5 heteroatoms. The number of hydrogen-bond acceptors (Lipinski definition) is 3.